The van der Waals surface area contributed by atoms with Crippen LogP contribution in [0.4, 0.5) is 11.4 Å². The Balaban J connectivity index is 2.02. The van der Waals surface area contributed by atoms with Crippen molar-refractivity contribution in [2.24, 2.45) is 5.92 Å². The van der Waals surface area contributed by atoms with Gasteiger partial charge >= 0.3 is 0 Å². The molecule has 0 spiro atoms. The maximum atomic E-state index is 11.4. The van der Waals surface area contributed by atoms with E-state index in [4.69, 9.17) is 11.6 Å². The number of rotatable bonds is 4. The lowest BCUT2D eigenvalue weighted by Gasteiger charge is -2.28. The fourth-order valence-corrected chi connectivity index (χ4v) is 2.76. The van der Waals surface area contributed by atoms with Gasteiger partial charge in [0.1, 0.15) is 0 Å². The molecule has 2 N–H and O–H groups in total. The number of hydrogen-bond donors (Lipinski definition) is 2. The lowest BCUT2D eigenvalue weighted by atomic mass is 9.87. The molecule has 110 valence electrons. The van der Waals surface area contributed by atoms with Crippen LogP contribution < -0.4 is 10.6 Å². The molecule has 1 aliphatic rings. The lowest BCUT2D eigenvalue weighted by molar-refractivity contribution is -0.115. The second-order valence-electron chi connectivity index (χ2n) is 5.70. The average molecular weight is 295 g/mol. The van der Waals surface area contributed by atoms with Crippen LogP contribution in [0.2, 0.25) is 5.02 Å². The molecule has 0 saturated heterocycles. The number of hydrogen-bond acceptors (Lipinski definition) is 2. The molecule has 0 radical (unpaired) electrons. The van der Waals surface area contributed by atoms with Gasteiger partial charge in [-0.15, -0.1) is 0 Å². The fourth-order valence-electron chi connectivity index (χ4n) is 2.59. The zero-order valence-electron chi connectivity index (χ0n) is 12.2. The fraction of sp³-hybridized carbons (Fsp3) is 0.562. The van der Waals surface area contributed by atoms with Crippen LogP contribution in [0.1, 0.15) is 46.0 Å². The van der Waals surface area contributed by atoms with E-state index in [0.717, 1.165) is 17.3 Å². The number of nitrogens with one attached hydrogen (secondary N) is 2. The van der Waals surface area contributed by atoms with Crippen molar-refractivity contribution in [1.29, 1.82) is 0 Å². The van der Waals surface area contributed by atoms with Gasteiger partial charge in [-0.05, 0) is 49.8 Å². The number of carbonyl (C=O) groups excluding carboxylic acids is 1. The third-order valence-corrected chi connectivity index (χ3v) is 4.28. The van der Waals surface area contributed by atoms with E-state index in [-0.39, 0.29) is 5.91 Å². The van der Waals surface area contributed by atoms with E-state index in [0.29, 0.717) is 17.5 Å². The van der Waals surface area contributed by atoms with Crippen molar-refractivity contribution < 1.29 is 4.79 Å². The van der Waals surface area contributed by atoms with Gasteiger partial charge in [-0.25, -0.2) is 0 Å². The topological polar surface area (TPSA) is 41.1 Å². The van der Waals surface area contributed by atoms with Crippen LogP contribution in [0.5, 0.6) is 0 Å². The number of benzene rings is 1. The van der Waals surface area contributed by atoms with Gasteiger partial charge in [-0.2, -0.15) is 0 Å². The van der Waals surface area contributed by atoms with E-state index in [2.05, 4.69) is 17.6 Å². The van der Waals surface area contributed by atoms with Crippen LogP contribution in [0.3, 0.4) is 0 Å². The van der Waals surface area contributed by atoms with Gasteiger partial charge in [0.2, 0.25) is 5.91 Å². The van der Waals surface area contributed by atoms with Gasteiger partial charge < -0.3 is 10.6 Å². The number of anilines is 2. The zero-order chi connectivity index (χ0) is 14.5. The number of halogens is 1. The summed E-state index contributed by atoms with van der Waals surface area (Å²) in [6.45, 7) is 4.15. The Labute approximate surface area is 126 Å². The van der Waals surface area contributed by atoms with Gasteiger partial charge in [0.25, 0.3) is 0 Å². The second-order valence-corrected chi connectivity index (χ2v) is 6.10. The maximum Gasteiger partial charge on any atom is 0.224 e. The highest BCUT2D eigenvalue weighted by atomic mass is 35.5. The van der Waals surface area contributed by atoms with Gasteiger partial charge in [0.05, 0.1) is 10.7 Å². The molecule has 0 atom stereocenters. The molecule has 0 aliphatic heterocycles. The van der Waals surface area contributed by atoms with E-state index >= 15 is 0 Å². The van der Waals surface area contributed by atoms with Crippen molar-refractivity contribution in [2.45, 2.75) is 52.0 Å². The predicted octanol–water partition coefficient (Wildman–Crippen LogP) is 4.68. The highest BCUT2D eigenvalue weighted by Crippen LogP contribution is 2.30. The smallest absolute Gasteiger partial charge is 0.224 e. The Kier molecular flexibility index (Phi) is 5.30. The Bertz CT molecular complexity index is 468. The van der Waals surface area contributed by atoms with E-state index < -0.39 is 0 Å². The first kappa shape index (κ1) is 15.2. The quantitative estimate of drug-likeness (QED) is 0.846. The summed E-state index contributed by atoms with van der Waals surface area (Å²) in [4.78, 5) is 11.4. The minimum Gasteiger partial charge on any atom is -0.381 e. The monoisotopic (exact) mass is 294 g/mol. The first-order valence-electron chi connectivity index (χ1n) is 7.44. The summed E-state index contributed by atoms with van der Waals surface area (Å²) in [5.74, 6) is 0.850. The molecule has 1 aromatic rings. The summed E-state index contributed by atoms with van der Waals surface area (Å²) in [7, 11) is 0. The Morgan fingerprint density at radius 1 is 1.30 bits per heavy atom. The molecule has 1 saturated carbocycles. The Morgan fingerprint density at radius 2 is 2.00 bits per heavy atom. The van der Waals surface area contributed by atoms with Gasteiger partial charge in [-0.1, -0.05) is 25.4 Å². The van der Waals surface area contributed by atoms with Crippen molar-refractivity contribution in [3.63, 3.8) is 0 Å². The highest BCUT2D eigenvalue weighted by Gasteiger charge is 2.18. The summed E-state index contributed by atoms with van der Waals surface area (Å²) in [6, 6.07) is 6.08. The van der Waals surface area contributed by atoms with Crippen LogP contribution in [-0.2, 0) is 4.79 Å². The number of amides is 1. The average Bonchev–Trinajstić information content (AvgIpc) is 2.45. The van der Waals surface area contributed by atoms with E-state index in [9.17, 15) is 4.79 Å². The molecule has 0 bridgehead atoms. The summed E-state index contributed by atoms with van der Waals surface area (Å²) >= 11 is 6.24. The minimum absolute atomic E-state index is 0.0183. The van der Waals surface area contributed by atoms with Crippen LogP contribution in [0.15, 0.2) is 18.2 Å². The van der Waals surface area contributed by atoms with Crippen molar-refractivity contribution >= 4 is 28.9 Å². The van der Waals surface area contributed by atoms with Gasteiger partial charge in [0, 0.05) is 18.2 Å². The molecule has 1 amide bonds. The lowest BCUT2D eigenvalue weighted by Crippen LogP contribution is -2.25. The van der Waals surface area contributed by atoms with Gasteiger partial charge in [-0.3, -0.25) is 4.79 Å². The van der Waals surface area contributed by atoms with E-state index in [1.54, 1.807) is 0 Å². The molecule has 1 aliphatic carbocycles. The summed E-state index contributed by atoms with van der Waals surface area (Å²) in [5, 5.41) is 7.09. The SMILES string of the molecule is CCC(=O)Nc1ccc(Cl)c(NC2CCC(C)CC2)c1. The molecular weight excluding hydrogens is 272 g/mol. The van der Waals surface area contributed by atoms with Crippen LogP contribution >= 0.6 is 11.6 Å². The summed E-state index contributed by atoms with van der Waals surface area (Å²) in [5.41, 5.74) is 1.72. The Hall–Kier alpha value is -1.22. The molecule has 4 heteroatoms. The second kappa shape index (κ2) is 6.98. The van der Waals surface area contributed by atoms with Crippen molar-refractivity contribution in [3.05, 3.63) is 23.2 Å². The van der Waals surface area contributed by atoms with Gasteiger partial charge in [0.15, 0.2) is 0 Å². The first-order chi connectivity index (χ1) is 9.58. The van der Waals surface area contributed by atoms with E-state index in [1.165, 1.54) is 25.7 Å². The molecule has 2 rings (SSSR count). The highest BCUT2D eigenvalue weighted by molar-refractivity contribution is 6.33. The van der Waals surface area contributed by atoms with Crippen molar-refractivity contribution in [2.75, 3.05) is 10.6 Å². The Morgan fingerprint density at radius 3 is 2.65 bits per heavy atom. The molecule has 1 aromatic carbocycles. The zero-order valence-corrected chi connectivity index (χ0v) is 13.0. The standard InChI is InChI=1S/C16H23ClN2O/c1-3-16(20)19-13-8-9-14(17)15(10-13)18-12-6-4-11(2)5-7-12/h8-12,18H,3-7H2,1-2H3,(H,19,20). The molecule has 20 heavy (non-hydrogen) atoms. The summed E-state index contributed by atoms with van der Waals surface area (Å²) < 4.78 is 0. The number of carbonyl (C=O) groups is 1. The third-order valence-electron chi connectivity index (χ3n) is 3.95. The minimum atomic E-state index is 0.0183. The largest absolute Gasteiger partial charge is 0.381 e. The van der Waals surface area contributed by atoms with E-state index in [1.807, 2.05) is 25.1 Å². The molecule has 0 unspecified atom stereocenters. The summed E-state index contributed by atoms with van der Waals surface area (Å²) in [6.07, 6.45) is 5.38. The normalized spacial score (nSPS) is 22.4. The van der Waals surface area contributed by atoms with Crippen molar-refractivity contribution in [1.82, 2.24) is 0 Å². The third kappa shape index (κ3) is 4.14. The maximum absolute atomic E-state index is 11.4. The molecule has 3 nitrogen and oxygen atoms in total. The molecule has 1 fully saturated rings. The molecule has 0 aromatic heterocycles. The molecule has 0 heterocycles. The van der Waals surface area contributed by atoms with Crippen LogP contribution in [0.25, 0.3) is 0 Å². The van der Waals surface area contributed by atoms with Crippen LogP contribution in [-0.4, -0.2) is 11.9 Å². The predicted molar refractivity (Wildman–Crippen MR) is 85.4 cm³/mol. The van der Waals surface area contributed by atoms with Crippen molar-refractivity contribution in [3.8, 4) is 0 Å². The first-order valence-corrected chi connectivity index (χ1v) is 7.82. The molecular formula is C16H23ClN2O. The van der Waals surface area contributed by atoms with Crippen LogP contribution in [0, 0.1) is 5.92 Å².